The lowest BCUT2D eigenvalue weighted by atomic mass is 9.46. The number of allylic oxidation sites excluding steroid dienone is 2. The van der Waals surface area contributed by atoms with E-state index in [1.165, 1.54) is 56.9 Å². The van der Waals surface area contributed by atoms with Gasteiger partial charge in [-0.2, -0.15) is 0 Å². The van der Waals surface area contributed by atoms with Crippen molar-refractivity contribution in [2.75, 3.05) is 0 Å². The summed E-state index contributed by atoms with van der Waals surface area (Å²) < 4.78 is 5.44. The molecule has 3 fully saturated rings. The molecule has 0 aliphatic heterocycles. The number of furan rings is 1. The molecule has 0 unspecified atom stereocenters. The predicted molar refractivity (Wildman–Crippen MR) is 97.7 cm³/mol. The third-order valence-electron chi connectivity index (χ3n) is 9.07. The minimum Gasteiger partial charge on any atom is -0.472 e. The van der Waals surface area contributed by atoms with E-state index in [9.17, 15) is 0 Å². The fourth-order valence-electron chi connectivity index (χ4n) is 7.84. The van der Waals surface area contributed by atoms with Gasteiger partial charge in [0.15, 0.2) is 0 Å². The zero-order chi connectivity index (χ0) is 16.4. The molecule has 0 bridgehead atoms. The molecule has 0 radical (unpaired) electrons. The number of fused-ring (bicyclic) bond motifs is 5. The van der Waals surface area contributed by atoms with E-state index in [4.69, 9.17) is 4.42 Å². The van der Waals surface area contributed by atoms with Gasteiger partial charge in [-0.25, -0.2) is 0 Å². The number of hydrogen-bond acceptors (Lipinski definition) is 1. The maximum absolute atomic E-state index is 5.44. The van der Waals surface area contributed by atoms with Crippen LogP contribution < -0.4 is 0 Å². The van der Waals surface area contributed by atoms with Crippen LogP contribution in [0.15, 0.2) is 35.2 Å². The summed E-state index contributed by atoms with van der Waals surface area (Å²) in [4.78, 5) is 0. The highest BCUT2D eigenvalue weighted by Gasteiger charge is 2.59. The van der Waals surface area contributed by atoms with Crippen LogP contribution in [0.3, 0.4) is 0 Å². The minimum atomic E-state index is 0.496. The van der Waals surface area contributed by atoms with Crippen molar-refractivity contribution in [2.45, 2.75) is 71.1 Å². The molecule has 0 spiro atoms. The lowest BCUT2D eigenvalue weighted by molar-refractivity contribution is -0.0719. The van der Waals surface area contributed by atoms with Crippen LogP contribution in [0.1, 0.15) is 76.7 Å². The SMILES string of the molecule is C[C@]12C=CCC[C@@H]1CC[C@H]1[C@H]3CC[C@H](c4ccoc4)[C@@]3(C)CC[C@@H]12. The highest BCUT2D eigenvalue weighted by molar-refractivity contribution is 5.23. The van der Waals surface area contributed by atoms with Crippen molar-refractivity contribution in [1.82, 2.24) is 0 Å². The Balaban J connectivity index is 1.48. The Morgan fingerprint density at radius 1 is 1.00 bits per heavy atom. The summed E-state index contributed by atoms with van der Waals surface area (Å²) in [6.07, 6.45) is 20.5. The first-order chi connectivity index (χ1) is 11.6. The van der Waals surface area contributed by atoms with Crippen molar-refractivity contribution < 1.29 is 4.42 Å². The molecule has 24 heavy (non-hydrogen) atoms. The van der Waals surface area contributed by atoms with Crippen molar-refractivity contribution in [3.8, 4) is 0 Å². The Bertz CT molecular complexity index is 628. The lowest BCUT2D eigenvalue weighted by Crippen LogP contribution is -2.51. The lowest BCUT2D eigenvalue weighted by Gasteiger charge is -2.59. The van der Waals surface area contributed by atoms with Gasteiger partial charge in [-0.3, -0.25) is 0 Å². The van der Waals surface area contributed by atoms with E-state index in [0.717, 1.165) is 29.6 Å². The van der Waals surface area contributed by atoms with Gasteiger partial charge in [-0.15, -0.1) is 0 Å². The summed E-state index contributed by atoms with van der Waals surface area (Å²) in [5.74, 6) is 4.52. The average Bonchev–Trinajstić information content (AvgIpc) is 3.20. The molecule has 1 heteroatoms. The monoisotopic (exact) mass is 324 g/mol. The van der Waals surface area contributed by atoms with Crippen molar-refractivity contribution in [1.29, 1.82) is 0 Å². The Labute approximate surface area is 146 Å². The zero-order valence-corrected chi connectivity index (χ0v) is 15.3. The standard InChI is InChI=1S/C23H32O/c1-22-12-4-3-5-17(22)6-7-18-20-9-8-19(16-11-14-24-15-16)23(20,2)13-10-21(18)22/h4,11-12,14-15,17-21H,3,5-10,13H2,1-2H3/t17-,18+,19-,20-,21+,22+,23-/m1/s1. The third-order valence-corrected chi connectivity index (χ3v) is 9.07. The maximum Gasteiger partial charge on any atom is 0.0937 e. The van der Waals surface area contributed by atoms with E-state index in [0.29, 0.717) is 10.8 Å². The molecule has 1 aromatic rings. The predicted octanol–water partition coefficient (Wildman–Crippen LogP) is 6.57. The maximum atomic E-state index is 5.44. The molecule has 0 aromatic carbocycles. The van der Waals surface area contributed by atoms with Gasteiger partial charge in [0, 0.05) is 0 Å². The number of rotatable bonds is 1. The molecule has 3 saturated carbocycles. The van der Waals surface area contributed by atoms with Crippen LogP contribution in [0.25, 0.3) is 0 Å². The molecular weight excluding hydrogens is 292 g/mol. The number of hydrogen-bond donors (Lipinski definition) is 0. The summed E-state index contributed by atoms with van der Waals surface area (Å²) >= 11 is 0. The van der Waals surface area contributed by atoms with Crippen LogP contribution in [0.4, 0.5) is 0 Å². The average molecular weight is 325 g/mol. The summed E-state index contributed by atoms with van der Waals surface area (Å²) in [7, 11) is 0. The topological polar surface area (TPSA) is 13.1 Å². The van der Waals surface area contributed by atoms with Crippen LogP contribution in [0.5, 0.6) is 0 Å². The summed E-state index contributed by atoms with van der Waals surface area (Å²) in [5.41, 5.74) is 2.47. The highest BCUT2D eigenvalue weighted by atomic mass is 16.3. The molecule has 0 amide bonds. The second-order valence-electron chi connectivity index (χ2n) is 9.73. The van der Waals surface area contributed by atoms with Crippen molar-refractivity contribution in [3.05, 3.63) is 36.3 Å². The van der Waals surface area contributed by atoms with E-state index in [1.807, 2.05) is 12.5 Å². The second kappa shape index (κ2) is 5.26. The van der Waals surface area contributed by atoms with E-state index in [-0.39, 0.29) is 0 Å². The van der Waals surface area contributed by atoms with Crippen LogP contribution in [-0.4, -0.2) is 0 Å². The Hall–Kier alpha value is -0.980. The van der Waals surface area contributed by atoms with Crippen LogP contribution in [0, 0.1) is 34.5 Å². The summed E-state index contributed by atoms with van der Waals surface area (Å²) in [6.45, 7) is 5.22. The van der Waals surface area contributed by atoms with Crippen LogP contribution in [-0.2, 0) is 0 Å². The second-order valence-corrected chi connectivity index (χ2v) is 9.73. The quantitative estimate of drug-likeness (QED) is 0.532. The Kier molecular flexibility index (Phi) is 3.35. The molecule has 4 aliphatic carbocycles. The van der Waals surface area contributed by atoms with Gasteiger partial charge in [-0.05, 0) is 103 Å². The molecule has 1 aromatic heterocycles. The van der Waals surface area contributed by atoms with Gasteiger partial charge < -0.3 is 4.42 Å². The highest BCUT2D eigenvalue weighted by Crippen LogP contribution is 2.68. The van der Waals surface area contributed by atoms with Gasteiger partial charge in [-0.1, -0.05) is 26.0 Å². The van der Waals surface area contributed by atoms with E-state index >= 15 is 0 Å². The van der Waals surface area contributed by atoms with Crippen LogP contribution in [0.2, 0.25) is 0 Å². The Morgan fingerprint density at radius 2 is 1.92 bits per heavy atom. The van der Waals surface area contributed by atoms with Crippen molar-refractivity contribution >= 4 is 0 Å². The van der Waals surface area contributed by atoms with Gasteiger partial charge in [0.2, 0.25) is 0 Å². The van der Waals surface area contributed by atoms with Crippen LogP contribution >= 0.6 is 0 Å². The first kappa shape index (κ1) is 15.3. The van der Waals surface area contributed by atoms with Gasteiger partial charge >= 0.3 is 0 Å². The van der Waals surface area contributed by atoms with E-state index < -0.39 is 0 Å². The smallest absolute Gasteiger partial charge is 0.0937 e. The molecule has 1 nitrogen and oxygen atoms in total. The fourth-order valence-corrected chi connectivity index (χ4v) is 7.84. The molecule has 1 heterocycles. The fraction of sp³-hybridized carbons (Fsp3) is 0.739. The van der Waals surface area contributed by atoms with Gasteiger partial charge in [0.25, 0.3) is 0 Å². The first-order valence-corrected chi connectivity index (χ1v) is 10.3. The molecule has 130 valence electrons. The molecule has 4 aliphatic rings. The molecule has 5 rings (SSSR count). The van der Waals surface area contributed by atoms with E-state index in [1.54, 1.807) is 0 Å². The summed E-state index contributed by atoms with van der Waals surface area (Å²) in [6, 6.07) is 2.23. The third kappa shape index (κ3) is 1.93. The zero-order valence-electron chi connectivity index (χ0n) is 15.3. The van der Waals surface area contributed by atoms with E-state index in [2.05, 4.69) is 32.1 Å². The largest absolute Gasteiger partial charge is 0.472 e. The first-order valence-electron chi connectivity index (χ1n) is 10.3. The molecule has 0 N–H and O–H groups in total. The Morgan fingerprint density at radius 3 is 2.75 bits per heavy atom. The molecular formula is C23H32O. The van der Waals surface area contributed by atoms with Crippen molar-refractivity contribution in [2.24, 2.45) is 34.5 Å². The molecule has 7 atom stereocenters. The normalized spacial score (nSPS) is 50.2. The van der Waals surface area contributed by atoms with Crippen molar-refractivity contribution in [3.63, 3.8) is 0 Å². The van der Waals surface area contributed by atoms with Gasteiger partial charge in [0.05, 0.1) is 12.5 Å². The summed E-state index contributed by atoms with van der Waals surface area (Å²) in [5, 5.41) is 0. The molecule has 0 saturated heterocycles. The van der Waals surface area contributed by atoms with Gasteiger partial charge in [0.1, 0.15) is 0 Å². The minimum absolute atomic E-state index is 0.496.